The Balaban J connectivity index is 1.91. The standard InChI is InChI=1S/C11H13BN2O2/c1-14-7-11(13-9-14)12(15)16-8-10-5-3-2-4-6-10/h2-7,9,15H,8H2,1H3. The number of hydrogen-bond acceptors (Lipinski definition) is 3. The third kappa shape index (κ3) is 2.71. The maximum absolute atomic E-state index is 9.70. The van der Waals surface area contributed by atoms with E-state index >= 15 is 0 Å². The number of aromatic nitrogens is 2. The van der Waals surface area contributed by atoms with Gasteiger partial charge < -0.3 is 14.2 Å². The lowest BCUT2D eigenvalue weighted by molar-refractivity contribution is 0.258. The van der Waals surface area contributed by atoms with Gasteiger partial charge in [0.1, 0.15) is 0 Å². The second-order valence-corrected chi connectivity index (χ2v) is 3.61. The zero-order valence-electron chi connectivity index (χ0n) is 9.08. The molecule has 0 aliphatic rings. The third-order valence-corrected chi connectivity index (χ3v) is 2.23. The molecule has 0 bridgehead atoms. The first-order chi connectivity index (χ1) is 7.75. The molecule has 1 N–H and O–H groups in total. The van der Waals surface area contributed by atoms with Crippen LogP contribution in [0.25, 0.3) is 0 Å². The quantitative estimate of drug-likeness (QED) is 0.749. The molecular formula is C11H13BN2O2. The van der Waals surface area contributed by atoms with Gasteiger partial charge in [0.2, 0.25) is 0 Å². The van der Waals surface area contributed by atoms with Crippen LogP contribution in [-0.4, -0.2) is 21.7 Å². The fraction of sp³-hybridized carbons (Fsp3) is 0.182. The molecule has 2 rings (SSSR count). The molecule has 0 amide bonds. The highest BCUT2D eigenvalue weighted by Crippen LogP contribution is 2.00. The van der Waals surface area contributed by atoms with Crippen molar-refractivity contribution in [3.05, 3.63) is 48.4 Å². The van der Waals surface area contributed by atoms with Crippen LogP contribution < -0.4 is 5.59 Å². The molecule has 0 spiro atoms. The molecule has 0 aliphatic heterocycles. The van der Waals surface area contributed by atoms with E-state index in [1.165, 1.54) is 0 Å². The zero-order valence-corrected chi connectivity index (χ0v) is 9.08. The van der Waals surface area contributed by atoms with E-state index in [2.05, 4.69) is 4.98 Å². The van der Waals surface area contributed by atoms with Crippen LogP contribution in [0.5, 0.6) is 0 Å². The van der Waals surface area contributed by atoms with E-state index in [0.29, 0.717) is 12.2 Å². The molecule has 16 heavy (non-hydrogen) atoms. The Kier molecular flexibility index (Phi) is 3.39. The normalized spacial score (nSPS) is 10.4. The first kappa shape index (κ1) is 10.9. The maximum atomic E-state index is 9.70. The van der Waals surface area contributed by atoms with Crippen LogP contribution in [0.1, 0.15) is 5.56 Å². The van der Waals surface area contributed by atoms with Crippen molar-refractivity contribution in [3.8, 4) is 0 Å². The first-order valence-electron chi connectivity index (χ1n) is 5.07. The third-order valence-electron chi connectivity index (χ3n) is 2.23. The topological polar surface area (TPSA) is 47.3 Å². The minimum atomic E-state index is -0.971. The second kappa shape index (κ2) is 4.96. The number of aryl methyl sites for hydroxylation is 1. The largest absolute Gasteiger partial charge is 0.512 e. The summed E-state index contributed by atoms with van der Waals surface area (Å²) < 4.78 is 7.08. The zero-order chi connectivity index (χ0) is 11.4. The van der Waals surface area contributed by atoms with E-state index in [-0.39, 0.29) is 0 Å². The van der Waals surface area contributed by atoms with E-state index in [1.54, 1.807) is 17.1 Å². The molecule has 82 valence electrons. The summed E-state index contributed by atoms with van der Waals surface area (Å²) in [4.78, 5) is 4.02. The van der Waals surface area contributed by atoms with Crippen LogP contribution in [0.4, 0.5) is 0 Å². The molecule has 2 aromatic rings. The predicted octanol–water partition coefficient (Wildman–Crippen LogP) is 0.324. The summed E-state index contributed by atoms with van der Waals surface area (Å²) in [6.45, 7) is 0.374. The average Bonchev–Trinajstić information content (AvgIpc) is 2.74. The van der Waals surface area contributed by atoms with Crippen LogP contribution in [0, 0.1) is 0 Å². The monoisotopic (exact) mass is 216 g/mol. The number of benzene rings is 1. The minimum Gasteiger partial charge on any atom is -0.422 e. The first-order valence-corrected chi connectivity index (χ1v) is 5.07. The molecule has 0 fully saturated rings. The van der Waals surface area contributed by atoms with E-state index in [9.17, 15) is 5.02 Å². The Morgan fingerprint density at radius 2 is 2.12 bits per heavy atom. The maximum Gasteiger partial charge on any atom is 0.512 e. The van der Waals surface area contributed by atoms with E-state index in [4.69, 9.17) is 4.65 Å². The van der Waals surface area contributed by atoms with Crippen LogP contribution >= 0.6 is 0 Å². The van der Waals surface area contributed by atoms with Gasteiger partial charge in [-0.25, -0.2) is 4.98 Å². The van der Waals surface area contributed by atoms with Crippen molar-refractivity contribution < 1.29 is 9.68 Å². The lowest BCUT2D eigenvalue weighted by Gasteiger charge is -2.05. The van der Waals surface area contributed by atoms with Gasteiger partial charge in [-0.1, -0.05) is 30.3 Å². The Labute approximate surface area is 94.7 Å². The van der Waals surface area contributed by atoms with Crippen LogP contribution in [-0.2, 0) is 18.3 Å². The minimum absolute atomic E-state index is 0.374. The van der Waals surface area contributed by atoms with Crippen molar-refractivity contribution in [1.82, 2.24) is 9.55 Å². The van der Waals surface area contributed by atoms with Crippen molar-refractivity contribution in [2.45, 2.75) is 6.61 Å². The lowest BCUT2D eigenvalue weighted by Crippen LogP contribution is -2.34. The number of nitrogens with zero attached hydrogens (tertiary/aromatic N) is 2. The Morgan fingerprint density at radius 3 is 2.75 bits per heavy atom. The fourth-order valence-corrected chi connectivity index (χ4v) is 1.40. The SMILES string of the molecule is Cn1cnc(B(O)OCc2ccccc2)c1. The van der Waals surface area contributed by atoms with Gasteiger partial charge in [0.25, 0.3) is 0 Å². The lowest BCUT2D eigenvalue weighted by atomic mass is 9.86. The summed E-state index contributed by atoms with van der Waals surface area (Å²) in [6, 6.07) is 9.71. The average molecular weight is 216 g/mol. The van der Waals surface area contributed by atoms with Gasteiger partial charge in [-0.15, -0.1) is 0 Å². The number of hydrogen-bond donors (Lipinski definition) is 1. The van der Waals surface area contributed by atoms with Crippen molar-refractivity contribution in [2.24, 2.45) is 7.05 Å². The smallest absolute Gasteiger partial charge is 0.422 e. The van der Waals surface area contributed by atoms with Gasteiger partial charge in [-0.05, 0) is 5.56 Å². The molecule has 0 radical (unpaired) electrons. The molecule has 0 aliphatic carbocycles. The van der Waals surface area contributed by atoms with Crippen molar-refractivity contribution in [3.63, 3.8) is 0 Å². The van der Waals surface area contributed by atoms with E-state index < -0.39 is 7.12 Å². The Morgan fingerprint density at radius 1 is 1.38 bits per heavy atom. The Bertz CT molecular complexity index is 444. The summed E-state index contributed by atoms with van der Waals surface area (Å²) in [5.41, 5.74) is 1.55. The highest BCUT2D eigenvalue weighted by atomic mass is 16.5. The predicted molar refractivity (Wildman–Crippen MR) is 62.0 cm³/mol. The van der Waals surface area contributed by atoms with Gasteiger partial charge in [0, 0.05) is 13.2 Å². The molecule has 5 heteroatoms. The van der Waals surface area contributed by atoms with E-state index in [1.807, 2.05) is 37.4 Å². The molecular weight excluding hydrogens is 203 g/mol. The van der Waals surface area contributed by atoms with Crippen LogP contribution in [0.2, 0.25) is 0 Å². The van der Waals surface area contributed by atoms with Gasteiger partial charge in [0.05, 0.1) is 18.5 Å². The van der Waals surface area contributed by atoms with Gasteiger partial charge in [-0.2, -0.15) is 0 Å². The fourth-order valence-electron chi connectivity index (χ4n) is 1.40. The number of rotatable bonds is 4. The summed E-state index contributed by atoms with van der Waals surface area (Å²) in [7, 11) is 0.877. The second-order valence-electron chi connectivity index (χ2n) is 3.61. The summed E-state index contributed by atoms with van der Waals surface area (Å²) in [6.07, 6.45) is 3.36. The highest BCUT2D eigenvalue weighted by molar-refractivity contribution is 6.58. The van der Waals surface area contributed by atoms with E-state index in [0.717, 1.165) is 5.56 Å². The molecule has 0 saturated heterocycles. The molecule has 1 aromatic heterocycles. The van der Waals surface area contributed by atoms with Gasteiger partial charge in [0.15, 0.2) is 0 Å². The molecule has 0 atom stereocenters. The highest BCUT2D eigenvalue weighted by Gasteiger charge is 2.19. The van der Waals surface area contributed by atoms with Crippen molar-refractivity contribution in [2.75, 3.05) is 0 Å². The van der Waals surface area contributed by atoms with Gasteiger partial charge >= 0.3 is 7.12 Å². The van der Waals surface area contributed by atoms with Crippen molar-refractivity contribution >= 4 is 12.7 Å². The molecule has 1 aromatic carbocycles. The van der Waals surface area contributed by atoms with Crippen LogP contribution in [0.3, 0.4) is 0 Å². The van der Waals surface area contributed by atoms with Gasteiger partial charge in [-0.3, -0.25) is 0 Å². The molecule has 1 heterocycles. The number of imidazole rings is 1. The summed E-state index contributed by atoms with van der Waals surface area (Å²) in [5, 5.41) is 9.70. The Hall–Kier alpha value is -1.59. The van der Waals surface area contributed by atoms with Crippen LogP contribution in [0.15, 0.2) is 42.9 Å². The summed E-state index contributed by atoms with van der Waals surface area (Å²) in [5.74, 6) is 0. The molecule has 0 saturated carbocycles. The van der Waals surface area contributed by atoms with Crippen molar-refractivity contribution in [1.29, 1.82) is 0 Å². The summed E-state index contributed by atoms with van der Waals surface area (Å²) >= 11 is 0. The molecule has 0 unspecified atom stereocenters. The molecule has 4 nitrogen and oxygen atoms in total.